The third-order valence-electron chi connectivity index (χ3n) is 3.92. The molecule has 1 heterocycles. The van der Waals surface area contributed by atoms with Crippen LogP contribution in [-0.4, -0.2) is 69.1 Å². The van der Waals surface area contributed by atoms with Crippen molar-refractivity contribution in [2.75, 3.05) is 50.1 Å². The topological polar surface area (TPSA) is 87.9 Å². The zero-order valence-electron chi connectivity index (χ0n) is 14.0. The summed E-state index contributed by atoms with van der Waals surface area (Å²) >= 11 is 0. The van der Waals surface area contributed by atoms with Gasteiger partial charge in [-0.1, -0.05) is 0 Å². The van der Waals surface area contributed by atoms with Gasteiger partial charge in [-0.25, -0.2) is 8.78 Å². The Labute approximate surface area is 144 Å². The van der Waals surface area contributed by atoms with Crippen molar-refractivity contribution in [1.29, 1.82) is 0 Å². The van der Waals surface area contributed by atoms with Crippen LogP contribution in [0.1, 0.15) is 0 Å². The molecule has 0 saturated carbocycles. The first kappa shape index (κ1) is 19.2. The minimum Gasteiger partial charge on any atom is -0.370 e. The number of ether oxygens (including phenoxy) is 1. The first-order valence-corrected chi connectivity index (χ1v) is 7.90. The summed E-state index contributed by atoms with van der Waals surface area (Å²) in [4.78, 5) is 26.9. The summed E-state index contributed by atoms with van der Waals surface area (Å²) < 4.78 is 30.0. The molecule has 2 amide bonds. The van der Waals surface area contributed by atoms with Crippen molar-refractivity contribution in [3.05, 3.63) is 24.3 Å². The van der Waals surface area contributed by atoms with Crippen molar-refractivity contribution in [2.24, 2.45) is 5.73 Å². The van der Waals surface area contributed by atoms with Gasteiger partial charge in [-0.15, -0.1) is 0 Å². The summed E-state index contributed by atoms with van der Waals surface area (Å²) in [6.45, 7) is 0.382. The second kappa shape index (κ2) is 8.84. The summed E-state index contributed by atoms with van der Waals surface area (Å²) in [6.07, 6.45) is -2.54. The van der Waals surface area contributed by atoms with Crippen molar-refractivity contribution >= 4 is 23.2 Å². The molecule has 1 aromatic rings. The number of alkyl halides is 2. The van der Waals surface area contributed by atoms with Crippen LogP contribution in [0, 0.1) is 0 Å². The maximum absolute atomic E-state index is 12.5. The van der Waals surface area contributed by atoms with E-state index in [1.807, 2.05) is 0 Å². The Bertz CT molecular complexity index is 598. The zero-order valence-corrected chi connectivity index (χ0v) is 14.0. The average Bonchev–Trinajstić information content (AvgIpc) is 2.56. The average molecular weight is 356 g/mol. The highest BCUT2D eigenvalue weighted by Gasteiger charge is 2.24. The number of rotatable bonds is 7. The number of nitrogens with two attached hydrogens (primary N) is 1. The van der Waals surface area contributed by atoms with Crippen molar-refractivity contribution < 1.29 is 23.1 Å². The number of amides is 2. The highest BCUT2D eigenvalue weighted by Crippen LogP contribution is 2.20. The first-order chi connectivity index (χ1) is 11.9. The fourth-order valence-corrected chi connectivity index (χ4v) is 2.57. The predicted molar refractivity (Wildman–Crippen MR) is 89.7 cm³/mol. The summed E-state index contributed by atoms with van der Waals surface area (Å²) in [7, 11) is 1.43. The lowest BCUT2D eigenvalue weighted by molar-refractivity contribution is -0.125. The number of halogens is 2. The Kier molecular flexibility index (Phi) is 6.80. The van der Waals surface area contributed by atoms with E-state index in [-0.39, 0.29) is 19.1 Å². The standard InChI is InChI=1S/C16H22F2N4O3/c1-21(9-14(17)18)13(8-19)16(24)20-11-2-4-12(5-3-11)22-6-7-25-10-15(22)23/h2-5,13-14H,6-10,19H2,1H3,(H,20,24)/t13-/m0/s1. The van der Waals surface area contributed by atoms with Gasteiger partial charge >= 0.3 is 0 Å². The number of carbonyl (C=O) groups is 2. The van der Waals surface area contributed by atoms with Gasteiger partial charge in [-0.2, -0.15) is 0 Å². The van der Waals surface area contributed by atoms with Gasteiger partial charge in [0.15, 0.2) is 0 Å². The van der Waals surface area contributed by atoms with Crippen LogP contribution in [0.4, 0.5) is 20.2 Å². The molecular formula is C16H22F2N4O3. The van der Waals surface area contributed by atoms with Crippen molar-refractivity contribution in [1.82, 2.24) is 4.90 Å². The largest absolute Gasteiger partial charge is 0.370 e. The number of nitrogens with one attached hydrogen (secondary N) is 1. The Morgan fingerprint density at radius 1 is 1.40 bits per heavy atom. The van der Waals surface area contributed by atoms with E-state index >= 15 is 0 Å². The van der Waals surface area contributed by atoms with Crippen LogP contribution in [0.25, 0.3) is 0 Å². The first-order valence-electron chi connectivity index (χ1n) is 7.90. The lowest BCUT2D eigenvalue weighted by Gasteiger charge is -2.27. The molecular weight excluding hydrogens is 334 g/mol. The van der Waals surface area contributed by atoms with Crippen molar-refractivity contribution in [3.8, 4) is 0 Å². The number of hydrogen-bond donors (Lipinski definition) is 2. The third-order valence-corrected chi connectivity index (χ3v) is 3.92. The van der Waals surface area contributed by atoms with Gasteiger partial charge < -0.3 is 20.7 Å². The van der Waals surface area contributed by atoms with Crippen LogP contribution in [0.5, 0.6) is 0 Å². The minimum absolute atomic E-state index is 0.0487. The fraction of sp³-hybridized carbons (Fsp3) is 0.500. The molecule has 1 saturated heterocycles. The summed E-state index contributed by atoms with van der Waals surface area (Å²) in [5.74, 6) is -0.583. The van der Waals surface area contributed by atoms with E-state index in [2.05, 4.69) is 5.32 Å². The molecule has 1 aliphatic rings. The quantitative estimate of drug-likeness (QED) is 0.743. The number of likely N-dealkylation sites (N-methyl/N-ethyl adjacent to an activating group) is 1. The number of hydrogen-bond acceptors (Lipinski definition) is 5. The van der Waals surface area contributed by atoms with Crippen LogP contribution < -0.4 is 16.0 Å². The van der Waals surface area contributed by atoms with Gasteiger partial charge in [0.2, 0.25) is 5.91 Å². The van der Waals surface area contributed by atoms with Gasteiger partial charge in [0.25, 0.3) is 12.3 Å². The molecule has 9 heteroatoms. The minimum atomic E-state index is -2.54. The maximum atomic E-state index is 12.5. The highest BCUT2D eigenvalue weighted by molar-refractivity contribution is 5.97. The van der Waals surface area contributed by atoms with Crippen LogP contribution in [0.2, 0.25) is 0 Å². The second-order valence-electron chi connectivity index (χ2n) is 5.72. The number of morpholine rings is 1. The molecule has 3 N–H and O–H groups in total. The second-order valence-corrected chi connectivity index (χ2v) is 5.72. The molecule has 0 bridgehead atoms. The van der Waals surface area contributed by atoms with Crippen LogP contribution in [0.3, 0.4) is 0 Å². The molecule has 1 aromatic carbocycles. The number of nitrogens with zero attached hydrogens (tertiary/aromatic N) is 2. The van der Waals surface area contributed by atoms with Gasteiger partial charge in [0.1, 0.15) is 12.6 Å². The summed E-state index contributed by atoms with van der Waals surface area (Å²) in [5, 5.41) is 2.65. The molecule has 7 nitrogen and oxygen atoms in total. The lowest BCUT2D eigenvalue weighted by Crippen LogP contribution is -2.48. The molecule has 1 atom stereocenters. The molecule has 0 unspecified atom stereocenters. The van der Waals surface area contributed by atoms with Gasteiger partial charge in [-0.3, -0.25) is 14.5 Å². The molecule has 1 fully saturated rings. The molecule has 0 aromatic heterocycles. The number of benzene rings is 1. The fourth-order valence-electron chi connectivity index (χ4n) is 2.57. The van der Waals surface area contributed by atoms with Crippen molar-refractivity contribution in [2.45, 2.75) is 12.5 Å². The van der Waals surface area contributed by atoms with E-state index in [1.165, 1.54) is 11.9 Å². The summed E-state index contributed by atoms with van der Waals surface area (Å²) in [5.41, 5.74) is 6.74. The van der Waals surface area contributed by atoms with Gasteiger partial charge in [0, 0.05) is 24.5 Å². The van der Waals surface area contributed by atoms with Gasteiger partial charge in [-0.05, 0) is 31.3 Å². The number of carbonyl (C=O) groups excluding carboxylic acids is 2. The normalized spacial score (nSPS) is 16.4. The van der Waals surface area contributed by atoms with Crippen LogP contribution in [-0.2, 0) is 14.3 Å². The van der Waals surface area contributed by atoms with Crippen LogP contribution in [0.15, 0.2) is 24.3 Å². The Hall–Kier alpha value is -2.10. The maximum Gasteiger partial charge on any atom is 0.253 e. The SMILES string of the molecule is CN(CC(F)F)[C@@H](CN)C(=O)Nc1ccc(N2CCOCC2=O)cc1. The Balaban J connectivity index is 1.99. The molecule has 138 valence electrons. The smallest absolute Gasteiger partial charge is 0.253 e. The molecule has 0 radical (unpaired) electrons. The van der Waals surface area contributed by atoms with E-state index in [0.717, 1.165) is 0 Å². The third kappa shape index (κ3) is 5.18. The molecule has 0 spiro atoms. The molecule has 1 aliphatic heterocycles. The highest BCUT2D eigenvalue weighted by atomic mass is 19.3. The number of anilines is 2. The van der Waals surface area contributed by atoms with E-state index in [4.69, 9.17) is 10.5 Å². The van der Waals surface area contributed by atoms with E-state index in [1.54, 1.807) is 29.2 Å². The monoisotopic (exact) mass is 356 g/mol. The lowest BCUT2D eigenvalue weighted by atomic mass is 10.2. The van der Waals surface area contributed by atoms with E-state index < -0.39 is 24.9 Å². The van der Waals surface area contributed by atoms with E-state index in [0.29, 0.717) is 24.5 Å². The van der Waals surface area contributed by atoms with E-state index in [9.17, 15) is 18.4 Å². The summed E-state index contributed by atoms with van der Waals surface area (Å²) in [6, 6.07) is 5.86. The zero-order chi connectivity index (χ0) is 18.4. The molecule has 25 heavy (non-hydrogen) atoms. The predicted octanol–water partition coefficient (Wildman–Crippen LogP) is 0.513. The van der Waals surface area contributed by atoms with Crippen LogP contribution >= 0.6 is 0 Å². The molecule has 2 rings (SSSR count). The Morgan fingerprint density at radius 2 is 2.08 bits per heavy atom. The van der Waals surface area contributed by atoms with Crippen molar-refractivity contribution in [3.63, 3.8) is 0 Å². The van der Waals surface area contributed by atoms with Gasteiger partial charge in [0.05, 0.1) is 13.2 Å². The molecule has 0 aliphatic carbocycles. The Morgan fingerprint density at radius 3 is 2.64 bits per heavy atom.